The molecule has 5 amide bonds. The van der Waals surface area contributed by atoms with Crippen LogP contribution in [-0.4, -0.2) is 113 Å². The Balaban J connectivity index is 1.20. The molecule has 384 valence electrons. The molecule has 6 rings (SSSR count). The molecular weight excluding hydrogens is 981 g/mol. The lowest BCUT2D eigenvalue weighted by molar-refractivity contribution is -0.179. The van der Waals surface area contributed by atoms with Crippen molar-refractivity contribution in [3.8, 4) is 23.0 Å². The summed E-state index contributed by atoms with van der Waals surface area (Å²) in [6, 6.07) is 16.9. The number of rotatable bonds is 18. The molecule has 0 radical (unpaired) electrons. The highest BCUT2D eigenvalue weighted by molar-refractivity contribution is 7.88. The molecule has 72 heavy (non-hydrogen) atoms. The van der Waals surface area contributed by atoms with Crippen LogP contribution < -0.4 is 30.5 Å². The Kier molecular flexibility index (Phi) is 16.2. The van der Waals surface area contributed by atoms with E-state index in [1.54, 1.807) is 46.3 Å². The van der Waals surface area contributed by atoms with E-state index < -0.39 is 93.6 Å². The number of nitrogens with zero attached hydrogens (tertiary/aromatic N) is 7. The number of carbonyl (C=O) groups excluding carboxylic acids is 5. The molecule has 0 aliphatic carbocycles. The quantitative estimate of drug-likeness (QED) is 0.0415. The Labute approximate surface area is 417 Å². The second-order valence-electron chi connectivity index (χ2n) is 18.6. The molecule has 1 aliphatic heterocycles. The summed E-state index contributed by atoms with van der Waals surface area (Å²) in [4.78, 5) is 94.2. The number of urea groups is 1. The van der Waals surface area contributed by atoms with Crippen molar-refractivity contribution < 1.29 is 61.3 Å². The van der Waals surface area contributed by atoms with E-state index in [9.17, 15) is 42.3 Å². The van der Waals surface area contributed by atoms with Crippen molar-refractivity contribution in [2.24, 2.45) is 5.16 Å². The van der Waals surface area contributed by atoms with Crippen LogP contribution in [0, 0.1) is 0 Å². The monoisotopic (exact) mass is 1030 g/mol. The Hall–Kier alpha value is -7.71. The van der Waals surface area contributed by atoms with Gasteiger partial charge in [0.2, 0.25) is 5.60 Å². The third kappa shape index (κ3) is 14.0. The molecule has 0 bridgehead atoms. The predicted octanol–water partition coefficient (Wildman–Crippen LogP) is 4.12. The van der Waals surface area contributed by atoms with Gasteiger partial charge in [0.15, 0.2) is 28.2 Å². The summed E-state index contributed by atoms with van der Waals surface area (Å²) < 4.78 is 52.7. The van der Waals surface area contributed by atoms with Crippen LogP contribution in [0.4, 0.5) is 14.7 Å². The summed E-state index contributed by atoms with van der Waals surface area (Å²) in [5.74, 6) is -2.98. The Morgan fingerprint density at radius 3 is 2.06 bits per heavy atom. The summed E-state index contributed by atoms with van der Waals surface area (Å²) >= 11 is 0.878. The molecular formula is C46H54N10O14S2. The third-order valence-electron chi connectivity index (χ3n) is 9.57. The van der Waals surface area contributed by atoms with E-state index in [0.29, 0.717) is 4.90 Å². The van der Waals surface area contributed by atoms with Gasteiger partial charge in [-0.15, -0.1) is 16.4 Å². The number of aliphatic hydroxyl groups excluding tert-OH is 1. The molecule has 3 aromatic heterocycles. The predicted molar refractivity (Wildman–Crippen MR) is 259 cm³/mol. The second-order valence-corrected chi connectivity index (χ2v) is 20.9. The first kappa shape index (κ1) is 53.6. The lowest BCUT2D eigenvalue weighted by atomic mass is 10.1. The van der Waals surface area contributed by atoms with E-state index in [-0.39, 0.29) is 51.1 Å². The summed E-state index contributed by atoms with van der Waals surface area (Å²) in [5, 5.41) is 24.4. The number of ether oxygens (including phenoxy) is 4. The van der Waals surface area contributed by atoms with Crippen LogP contribution in [0.1, 0.15) is 79.1 Å². The molecule has 0 unspecified atom stereocenters. The molecule has 0 saturated carbocycles. The largest absolute Gasteiger partial charge is 0.485 e. The number of pyridine rings is 1. The number of nitrogens with one attached hydrogen (secondary N) is 3. The van der Waals surface area contributed by atoms with Crippen LogP contribution in [0.25, 0.3) is 11.5 Å². The average Bonchev–Trinajstić information content (AvgIpc) is 3.88. The van der Waals surface area contributed by atoms with Gasteiger partial charge in [0.1, 0.15) is 41.8 Å². The van der Waals surface area contributed by atoms with Crippen molar-refractivity contribution in [1.29, 1.82) is 0 Å². The lowest BCUT2D eigenvalue weighted by Crippen LogP contribution is -2.68. The third-order valence-corrected chi connectivity index (χ3v) is 11.5. The SMILES string of the molecule is C[C@H](O)Cn1c(-c2cc(OCc3ccccc3)c(OCc3ccccc3)cn2)nn(S(=O)(=O)NC(=O)N2C[C@H](NC(=O)C(=NOC(C)(C)C(=O)OC(C)(C)C)c3csc(NC(=O)OC(C)(C)C)n3)C2=O)c1=O. The van der Waals surface area contributed by atoms with Gasteiger partial charge >= 0.3 is 34.0 Å². The Morgan fingerprint density at radius 1 is 0.889 bits per heavy atom. The van der Waals surface area contributed by atoms with Crippen molar-refractivity contribution in [2.45, 2.75) is 111 Å². The molecule has 2 aromatic carbocycles. The number of β-lactam (4-membered cyclic amide) rings is 1. The number of benzene rings is 2. The number of hydrogen-bond acceptors (Lipinski definition) is 19. The maximum absolute atomic E-state index is 13.8. The highest BCUT2D eigenvalue weighted by Crippen LogP contribution is 2.32. The molecule has 1 fully saturated rings. The Bertz CT molecular complexity index is 3010. The van der Waals surface area contributed by atoms with Crippen LogP contribution in [0.3, 0.4) is 0 Å². The van der Waals surface area contributed by atoms with Crippen molar-refractivity contribution in [1.82, 2.24) is 38.7 Å². The molecule has 26 heteroatoms. The van der Waals surface area contributed by atoms with E-state index in [0.717, 1.165) is 27.0 Å². The number of esters is 1. The van der Waals surface area contributed by atoms with Crippen LogP contribution in [0.15, 0.2) is 88.3 Å². The topological polar surface area (TPSA) is 303 Å². The zero-order valence-electron chi connectivity index (χ0n) is 40.7. The highest BCUT2D eigenvalue weighted by Gasteiger charge is 2.44. The number of carbonyl (C=O) groups is 5. The van der Waals surface area contributed by atoms with Crippen molar-refractivity contribution in [3.05, 3.63) is 106 Å². The summed E-state index contributed by atoms with van der Waals surface area (Å²) in [6.45, 7) is 13.1. The van der Waals surface area contributed by atoms with Gasteiger partial charge in [0.25, 0.3) is 11.8 Å². The average molecular weight is 1040 g/mol. The number of amides is 5. The minimum Gasteiger partial charge on any atom is -0.485 e. The van der Waals surface area contributed by atoms with Gasteiger partial charge in [-0.3, -0.25) is 24.4 Å². The molecule has 2 atom stereocenters. The number of aliphatic hydroxyl groups is 1. The number of imide groups is 1. The van der Waals surface area contributed by atoms with Crippen LogP contribution in [-0.2, 0) is 58.7 Å². The first-order valence-corrected chi connectivity index (χ1v) is 24.4. The van der Waals surface area contributed by atoms with Gasteiger partial charge in [0, 0.05) is 11.4 Å². The first-order valence-electron chi connectivity index (χ1n) is 22.1. The van der Waals surface area contributed by atoms with Crippen molar-refractivity contribution in [3.63, 3.8) is 0 Å². The summed E-state index contributed by atoms with van der Waals surface area (Å²) in [7, 11) is -5.22. The van der Waals surface area contributed by atoms with Gasteiger partial charge < -0.3 is 34.2 Å². The minimum absolute atomic E-state index is 0.0206. The first-order chi connectivity index (χ1) is 33.7. The number of anilines is 1. The van der Waals surface area contributed by atoms with Gasteiger partial charge in [-0.25, -0.2) is 33.9 Å². The zero-order valence-corrected chi connectivity index (χ0v) is 42.3. The molecule has 5 aromatic rings. The fourth-order valence-corrected chi connectivity index (χ4v) is 7.76. The van der Waals surface area contributed by atoms with E-state index in [1.807, 2.05) is 60.7 Å². The summed E-state index contributed by atoms with van der Waals surface area (Å²) in [5.41, 5.74) is -3.99. The molecule has 4 N–H and O–H groups in total. The fraction of sp³-hybridized carbons (Fsp3) is 0.391. The highest BCUT2D eigenvalue weighted by atomic mass is 32.2. The standard InChI is InChI=1S/C46H54N10O14S2/c1-27(57)22-54-36(30-20-33(66-24-28-16-12-10-13-17-28)34(21-47-30)67-25-29-18-14-11-15-19-29)51-56(43(54)63)72(64,65)53-41(61)55-23-31(38(55)59)48-37(58)35(52-70-46(8,9)39(60)68-44(2,3)4)32-26-71-40(49-32)50-42(62)69-45(5,6)7/h10-21,26-27,31,57H,22-25H2,1-9H3,(H,48,58)(H,53,61)(H,49,50,62)/t27-,31-/m0/s1. The number of aromatic nitrogens is 5. The molecule has 0 spiro atoms. The Morgan fingerprint density at radius 2 is 1.49 bits per heavy atom. The van der Waals surface area contributed by atoms with E-state index >= 15 is 0 Å². The van der Waals surface area contributed by atoms with Gasteiger partial charge in [-0.1, -0.05) is 69.9 Å². The van der Waals surface area contributed by atoms with E-state index in [4.69, 9.17) is 23.8 Å². The molecule has 4 heterocycles. The van der Waals surface area contributed by atoms with Crippen LogP contribution in [0.2, 0.25) is 0 Å². The van der Waals surface area contributed by atoms with Crippen LogP contribution >= 0.6 is 11.3 Å². The van der Waals surface area contributed by atoms with Gasteiger partial charge in [-0.05, 0) is 73.4 Å². The summed E-state index contributed by atoms with van der Waals surface area (Å²) in [6.07, 6.45) is -0.746. The second kappa shape index (κ2) is 21.7. The molecule has 1 saturated heterocycles. The van der Waals surface area contributed by atoms with Crippen molar-refractivity contribution >= 4 is 62.3 Å². The lowest BCUT2D eigenvalue weighted by Gasteiger charge is -2.36. The molecule has 24 nitrogen and oxygen atoms in total. The van der Waals surface area contributed by atoms with Gasteiger partial charge in [0.05, 0.1) is 25.4 Å². The maximum atomic E-state index is 13.8. The fourth-order valence-electron chi connectivity index (χ4n) is 6.18. The van der Waals surface area contributed by atoms with E-state index in [1.165, 1.54) is 38.4 Å². The van der Waals surface area contributed by atoms with E-state index in [2.05, 4.69) is 30.9 Å². The smallest absolute Gasteiger partial charge is 0.413 e. The van der Waals surface area contributed by atoms with Crippen molar-refractivity contribution in [2.75, 3.05) is 11.9 Å². The number of oxime groups is 1. The normalized spacial score (nSPS) is 14.6. The van der Waals surface area contributed by atoms with Gasteiger partial charge in [-0.2, -0.15) is 8.42 Å². The zero-order chi connectivity index (χ0) is 52.8. The van der Waals surface area contributed by atoms with Crippen LogP contribution in [0.5, 0.6) is 11.5 Å². The molecule has 1 aliphatic rings. The number of hydrogen-bond donors (Lipinski definition) is 4. The maximum Gasteiger partial charge on any atom is 0.413 e. The number of likely N-dealkylation sites (tertiary alicyclic amines) is 1. The minimum atomic E-state index is -5.22. The number of thiazole rings is 1.